The van der Waals surface area contributed by atoms with E-state index < -0.39 is 16.2 Å². The molecule has 0 saturated heterocycles. The number of oxime groups is 1. The Labute approximate surface area is 180 Å². The average Bonchev–Trinajstić information content (AvgIpc) is 3.22. The molecule has 1 heterocycles. The van der Waals surface area contributed by atoms with Crippen LogP contribution in [-0.2, 0) is 16.1 Å². The zero-order valence-corrected chi connectivity index (χ0v) is 18.3. The van der Waals surface area contributed by atoms with E-state index in [4.69, 9.17) is 0 Å². The summed E-state index contributed by atoms with van der Waals surface area (Å²) in [6, 6.07) is 14.1. The van der Waals surface area contributed by atoms with Crippen molar-refractivity contribution in [1.29, 1.82) is 0 Å². The van der Waals surface area contributed by atoms with Gasteiger partial charge in [-0.25, -0.2) is 0 Å². The molecule has 1 amide bonds. The van der Waals surface area contributed by atoms with Crippen molar-refractivity contribution in [1.82, 2.24) is 4.57 Å². The van der Waals surface area contributed by atoms with Gasteiger partial charge < -0.3 is 15.1 Å². The fourth-order valence-corrected chi connectivity index (χ4v) is 6.16. The Morgan fingerprint density at radius 1 is 1.10 bits per heavy atom. The zero-order chi connectivity index (χ0) is 22.2. The number of Topliss-reactive ketones (excluding diaryl/α,β-unsaturated/α-hetero) is 1. The number of hydrogen-bond acceptors (Lipinski definition) is 4. The Balaban J connectivity index is 1.59. The zero-order valence-electron chi connectivity index (χ0n) is 18.3. The third kappa shape index (κ3) is 2.15. The Morgan fingerprint density at radius 3 is 2.48 bits per heavy atom. The topological polar surface area (TPSA) is 83.7 Å². The lowest BCUT2D eigenvalue weighted by Crippen LogP contribution is -2.47. The van der Waals surface area contributed by atoms with Crippen LogP contribution in [0.5, 0.6) is 0 Å². The molecule has 5 rings (SSSR count). The molecular formula is C25H27N3O3. The highest BCUT2D eigenvalue weighted by molar-refractivity contribution is 6.51. The quantitative estimate of drug-likeness (QED) is 0.358. The number of ketones is 1. The van der Waals surface area contributed by atoms with E-state index in [9.17, 15) is 14.8 Å². The van der Waals surface area contributed by atoms with Crippen LogP contribution in [0, 0.1) is 16.2 Å². The van der Waals surface area contributed by atoms with Crippen molar-refractivity contribution in [3.05, 3.63) is 42.5 Å². The van der Waals surface area contributed by atoms with Gasteiger partial charge >= 0.3 is 0 Å². The smallest absolute Gasteiger partial charge is 0.239 e. The number of amides is 1. The van der Waals surface area contributed by atoms with Crippen LogP contribution in [0.25, 0.3) is 21.8 Å². The van der Waals surface area contributed by atoms with Gasteiger partial charge in [0.1, 0.15) is 11.1 Å². The summed E-state index contributed by atoms with van der Waals surface area (Å²) >= 11 is 0. The summed E-state index contributed by atoms with van der Waals surface area (Å²) in [5, 5.41) is 18.1. The first-order chi connectivity index (χ1) is 14.7. The van der Waals surface area contributed by atoms with Gasteiger partial charge in [0.15, 0.2) is 5.78 Å². The molecule has 2 aliphatic rings. The summed E-state index contributed by atoms with van der Waals surface area (Å²) in [4.78, 5) is 26.9. The fourth-order valence-electron chi connectivity index (χ4n) is 6.16. The van der Waals surface area contributed by atoms with Gasteiger partial charge in [-0.3, -0.25) is 9.59 Å². The molecule has 6 heteroatoms. The predicted molar refractivity (Wildman–Crippen MR) is 122 cm³/mol. The van der Waals surface area contributed by atoms with Crippen LogP contribution in [0.2, 0.25) is 0 Å². The van der Waals surface area contributed by atoms with Crippen LogP contribution in [-0.4, -0.2) is 27.2 Å². The number of carbonyl (C=O) groups excluding carboxylic acids is 2. The lowest BCUT2D eigenvalue weighted by molar-refractivity contribution is -0.140. The van der Waals surface area contributed by atoms with Crippen LogP contribution < -0.4 is 5.32 Å². The lowest BCUT2D eigenvalue weighted by Gasteiger charge is -2.37. The number of aryl methyl sites for hydroxylation is 1. The van der Waals surface area contributed by atoms with Gasteiger partial charge in [-0.1, -0.05) is 44.1 Å². The van der Waals surface area contributed by atoms with Crippen LogP contribution >= 0.6 is 0 Å². The number of rotatable bonds is 3. The molecule has 2 atom stereocenters. The minimum atomic E-state index is -1.23. The predicted octanol–water partition coefficient (Wildman–Crippen LogP) is 4.98. The Kier molecular flexibility index (Phi) is 3.95. The van der Waals surface area contributed by atoms with Gasteiger partial charge in [0.2, 0.25) is 5.91 Å². The maximum atomic E-state index is 13.6. The summed E-state index contributed by atoms with van der Waals surface area (Å²) in [6.45, 7) is 8.77. The molecule has 2 fully saturated rings. The number of hydrogen-bond donors (Lipinski definition) is 2. The van der Waals surface area contributed by atoms with E-state index >= 15 is 0 Å². The van der Waals surface area contributed by atoms with Crippen molar-refractivity contribution in [3.8, 4) is 0 Å². The van der Waals surface area contributed by atoms with Crippen LogP contribution in [0.4, 0.5) is 5.69 Å². The summed E-state index contributed by atoms with van der Waals surface area (Å²) in [5.41, 5.74) is 0.567. The third-order valence-electron chi connectivity index (χ3n) is 8.41. The van der Waals surface area contributed by atoms with Crippen molar-refractivity contribution in [2.24, 2.45) is 21.4 Å². The molecular weight excluding hydrogens is 390 g/mol. The van der Waals surface area contributed by atoms with E-state index in [1.54, 1.807) is 0 Å². The van der Waals surface area contributed by atoms with Gasteiger partial charge in [0.25, 0.3) is 0 Å². The number of anilines is 1. The second kappa shape index (κ2) is 6.19. The first-order valence-corrected chi connectivity index (χ1v) is 10.8. The number of aromatic nitrogens is 1. The van der Waals surface area contributed by atoms with E-state index in [1.165, 1.54) is 0 Å². The molecule has 2 aromatic carbocycles. The molecule has 2 unspecified atom stereocenters. The largest absolute Gasteiger partial charge is 0.411 e. The van der Waals surface area contributed by atoms with Gasteiger partial charge in [-0.05, 0) is 49.4 Å². The third-order valence-corrected chi connectivity index (χ3v) is 8.41. The Morgan fingerprint density at radius 2 is 1.81 bits per heavy atom. The second-order valence-corrected chi connectivity index (χ2v) is 9.59. The van der Waals surface area contributed by atoms with E-state index in [2.05, 4.69) is 34.1 Å². The highest BCUT2D eigenvalue weighted by Gasteiger charge is 2.76. The molecule has 160 valence electrons. The highest BCUT2D eigenvalue weighted by atomic mass is 16.4. The maximum Gasteiger partial charge on any atom is 0.239 e. The fraction of sp³-hybridized carbons (Fsp3) is 0.400. The SMILES string of the molecule is CCn1c2ccccc2c2cc(NC(=O)C34CCC(C)(/C(=N/O)C3=O)C4(C)C)ccc21. The normalized spacial score (nSPS) is 28.1. The summed E-state index contributed by atoms with van der Waals surface area (Å²) < 4.78 is 2.25. The molecule has 3 aromatic rings. The van der Waals surface area contributed by atoms with Crippen LogP contribution in [0.15, 0.2) is 47.6 Å². The molecule has 2 saturated carbocycles. The Hall–Kier alpha value is -3.15. The van der Waals surface area contributed by atoms with Crippen molar-refractivity contribution < 1.29 is 14.8 Å². The number of nitrogens with one attached hydrogen (secondary N) is 1. The van der Waals surface area contributed by atoms with E-state index in [0.717, 1.165) is 28.4 Å². The molecule has 2 bridgehead atoms. The van der Waals surface area contributed by atoms with Crippen molar-refractivity contribution in [2.75, 3.05) is 5.32 Å². The molecule has 2 N–H and O–H groups in total. The maximum absolute atomic E-state index is 13.6. The highest BCUT2D eigenvalue weighted by Crippen LogP contribution is 2.69. The van der Waals surface area contributed by atoms with E-state index in [1.807, 2.05) is 51.1 Å². The van der Waals surface area contributed by atoms with Gasteiger partial charge in [-0.15, -0.1) is 0 Å². The standard InChI is InChI=1S/C25H27N3O3/c1-5-28-18-9-7-6-8-16(18)17-14-15(10-11-19(17)28)26-22(30)25-13-12-24(4,23(25,2)3)20(27-31)21(25)29/h6-11,14,31H,5,12-13H2,1-4H3,(H,26,30)/b27-20+. The molecule has 0 spiro atoms. The van der Waals surface area contributed by atoms with Crippen molar-refractivity contribution >= 4 is 44.9 Å². The van der Waals surface area contributed by atoms with Crippen molar-refractivity contribution in [2.45, 2.75) is 47.1 Å². The lowest BCUT2D eigenvalue weighted by atomic mass is 9.64. The van der Waals surface area contributed by atoms with Crippen molar-refractivity contribution in [3.63, 3.8) is 0 Å². The molecule has 31 heavy (non-hydrogen) atoms. The minimum absolute atomic E-state index is 0.125. The second-order valence-electron chi connectivity index (χ2n) is 9.59. The number of fused-ring (bicyclic) bond motifs is 5. The number of carbonyl (C=O) groups is 2. The van der Waals surface area contributed by atoms with Gasteiger partial charge in [0.05, 0.1) is 0 Å². The summed E-state index contributed by atoms with van der Waals surface area (Å²) in [5.74, 6) is -0.668. The van der Waals surface area contributed by atoms with E-state index in [-0.39, 0.29) is 17.4 Å². The minimum Gasteiger partial charge on any atom is -0.411 e. The number of para-hydroxylation sites is 1. The molecule has 0 aliphatic heterocycles. The number of benzene rings is 2. The molecule has 2 aliphatic carbocycles. The molecule has 6 nitrogen and oxygen atoms in total. The molecule has 0 radical (unpaired) electrons. The van der Waals surface area contributed by atoms with Crippen LogP contribution in [0.3, 0.4) is 0 Å². The van der Waals surface area contributed by atoms with Gasteiger partial charge in [-0.2, -0.15) is 0 Å². The van der Waals surface area contributed by atoms with Gasteiger partial charge in [0, 0.05) is 39.5 Å². The Bertz CT molecular complexity index is 1300. The monoisotopic (exact) mass is 417 g/mol. The van der Waals surface area contributed by atoms with Crippen LogP contribution in [0.1, 0.15) is 40.5 Å². The first kappa shape index (κ1) is 19.8. The van der Waals surface area contributed by atoms with E-state index in [0.29, 0.717) is 18.5 Å². The first-order valence-electron chi connectivity index (χ1n) is 10.8. The molecule has 1 aromatic heterocycles. The summed E-state index contributed by atoms with van der Waals surface area (Å²) in [7, 11) is 0. The number of nitrogens with zero attached hydrogens (tertiary/aromatic N) is 2. The summed E-state index contributed by atoms with van der Waals surface area (Å²) in [6.07, 6.45) is 1.10. The average molecular weight is 418 g/mol.